The molecular weight excluding hydrogens is 82.0 g/mol. The van der Waals surface area contributed by atoms with Crippen molar-refractivity contribution in [1.82, 2.24) is 10.3 Å². The number of H-pyrrole nitrogens is 1. The summed E-state index contributed by atoms with van der Waals surface area (Å²) in [6.45, 7) is 0. The first-order valence-corrected chi connectivity index (χ1v) is 1.40. The molecule has 0 saturated heterocycles. The summed E-state index contributed by atoms with van der Waals surface area (Å²) >= 11 is 0. The van der Waals surface area contributed by atoms with Gasteiger partial charge in [0.1, 0.15) is 0 Å². The normalized spacial score (nSPS) is 8.67. The van der Waals surface area contributed by atoms with Crippen molar-refractivity contribution in [1.29, 1.82) is 0 Å². The molecule has 0 unspecified atom stereocenters. The minimum absolute atomic E-state index is 0.458. The van der Waals surface area contributed by atoms with Crippen molar-refractivity contribution in [2.24, 2.45) is 0 Å². The van der Waals surface area contributed by atoms with Gasteiger partial charge in [-0.1, -0.05) is 5.21 Å². The van der Waals surface area contributed by atoms with Crippen LogP contribution in [-0.2, 0) is 0 Å². The maximum Gasteiger partial charge on any atom is 0.299 e. The highest BCUT2D eigenvalue weighted by atomic mass is 16.5. The predicted molar refractivity (Wildman–Crippen MR) is 16.4 cm³/mol. The lowest BCUT2D eigenvalue weighted by molar-refractivity contribution is -0.668. The lowest BCUT2D eigenvalue weighted by Crippen LogP contribution is -2.26. The smallest absolute Gasteiger partial charge is 0.299 e. The number of nitrogens with zero attached hydrogens (tertiary/aromatic N) is 2. The van der Waals surface area contributed by atoms with Crippen molar-refractivity contribution < 1.29 is 4.85 Å². The quantitative estimate of drug-likeness (QED) is 0.318. The molecule has 1 rings (SSSR count). The van der Waals surface area contributed by atoms with Crippen molar-refractivity contribution >= 4 is 0 Å². The number of hydrogen-bond donors (Lipinski definition) is 1. The Labute approximate surface area is 34.0 Å². The summed E-state index contributed by atoms with van der Waals surface area (Å²) < 4.78 is 0. The van der Waals surface area contributed by atoms with Gasteiger partial charge in [0.15, 0.2) is 6.20 Å². The van der Waals surface area contributed by atoms with Gasteiger partial charge in [-0.15, -0.1) is 0 Å². The number of nitrogens with one attached hydrogen (secondary N) is 1. The summed E-state index contributed by atoms with van der Waals surface area (Å²) in [5.74, 6) is 0. The van der Waals surface area contributed by atoms with Crippen LogP contribution >= 0.6 is 0 Å². The number of aromatic amines is 1. The number of rotatable bonds is 0. The fourth-order valence-corrected chi connectivity index (χ4v) is 0.188. The Morgan fingerprint density at radius 3 is 3.00 bits per heavy atom. The molecule has 31 valence electrons. The topological polar surface area (TPSA) is 55.6 Å². The second kappa shape index (κ2) is 0.965. The maximum absolute atomic E-state index is 9.84. The van der Waals surface area contributed by atoms with Crippen LogP contribution in [0.1, 0.15) is 0 Å². The largest absolute Gasteiger partial charge is 0.693 e. The van der Waals surface area contributed by atoms with Gasteiger partial charge >= 0.3 is 0 Å². The zero-order chi connectivity index (χ0) is 4.41. The molecule has 0 bridgehead atoms. The van der Waals surface area contributed by atoms with Gasteiger partial charge < -0.3 is 5.21 Å². The summed E-state index contributed by atoms with van der Waals surface area (Å²) in [6.07, 6.45) is 3.43. The SMILES string of the molecule is [O-][n+]1c[c]n[nH]1. The van der Waals surface area contributed by atoms with Crippen LogP contribution in [-0.4, -0.2) is 10.3 Å². The number of aromatic nitrogens is 3. The van der Waals surface area contributed by atoms with Gasteiger partial charge in [0.05, 0.1) is 5.10 Å². The highest BCUT2D eigenvalue weighted by molar-refractivity contribution is 4.43. The lowest BCUT2D eigenvalue weighted by atomic mass is 11.0. The Hall–Kier alpha value is -1.06. The Bertz CT molecular complexity index is 112. The predicted octanol–water partition coefficient (Wildman–Crippen LogP) is -1.16. The highest BCUT2D eigenvalue weighted by Gasteiger charge is 1.79. The van der Waals surface area contributed by atoms with E-state index in [9.17, 15) is 5.21 Å². The molecule has 0 aliphatic rings. The van der Waals surface area contributed by atoms with E-state index in [4.69, 9.17) is 0 Å². The second-order valence-electron chi connectivity index (χ2n) is 0.796. The van der Waals surface area contributed by atoms with E-state index in [-0.39, 0.29) is 0 Å². The van der Waals surface area contributed by atoms with Gasteiger partial charge in [0, 0.05) is 0 Å². The molecule has 0 spiro atoms. The third kappa shape index (κ3) is 0.314. The lowest BCUT2D eigenvalue weighted by Gasteiger charge is -1.84. The first-order chi connectivity index (χ1) is 2.89. The molecule has 4 heteroatoms. The third-order valence-electron chi connectivity index (χ3n) is 0.388. The van der Waals surface area contributed by atoms with Gasteiger partial charge in [0.2, 0.25) is 0 Å². The van der Waals surface area contributed by atoms with E-state index in [0.29, 0.717) is 4.85 Å². The third-order valence-corrected chi connectivity index (χ3v) is 0.388. The van der Waals surface area contributed by atoms with E-state index in [1.165, 1.54) is 0 Å². The molecule has 0 amide bonds. The van der Waals surface area contributed by atoms with Crippen molar-refractivity contribution in [3.8, 4) is 0 Å². The molecule has 1 aromatic rings. The first-order valence-electron chi connectivity index (χ1n) is 1.40. The summed E-state index contributed by atoms with van der Waals surface area (Å²) in [5.41, 5.74) is 0. The van der Waals surface area contributed by atoms with E-state index in [1.807, 2.05) is 0 Å². The zero-order valence-corrected chi connectivity index (χ0v) is 2.88. The van der Waals surface area contributed by atoms with E-state index in [1.54, 1.807) is 0 Å². The Morgan fingerprint density at radius 2 is 2.83 bits per heavy atom. The van der Waals surface area contributed by atoms with Crippen LogP contribution in [0.25, 0.3) is 0 Å². The fourth-order valence-electron chi connectivity index (χ4n) is 0.188. The average molecular weight is 84.1 g/mol. The average Bonchev–Trinajstić information content (AvgIpc) is 1.86. The van der Waals surface area contributed by atoms with Crippen molar-refractivity contribution in [2.75, 3.05) is 0 Å². The van der Waals surface area contributed by atoms with E-state index in [0.717, 1.165) is 6.20 Å². The molecule has 0 atom stereocenters. The molecule has 6 heavy (non-hydrogen) atoms. The summed E-state index contributed by atoms with van der Waals surface area (Å²) in [5, 5.41) is 15.1. The highest BCUT2D eigenvalue weighted by Crippen LogP contribution is 1.51. The molecule has 4 nitrogen and oxygen atoms in total. The van der Waals surface area contributed by atoms with E-state index < -0.39 is 0 Å². The van der Waals surface area contributed by atoms with Gasteiger partial charge in [0.25, 0.3) is 6.20 Å². The van der Waals surface area contributed by atoms with Gasteiger partial charge in [-0.05, 0) is 0 Å². The van der Waals surface area contributed by atoms with Gasteiger partial charge in [-0.25, -0.2) is 0 Å². The molecule has 0 aliphatic carbocycles. The standard InChI is InChI=1S/C2H2N3O/c6-5-2-1-3-4-5/h2,4H. The molecular formula is C2H2N3O. The molecule has 1 heterocycles. The Morgan fingerprint density at radius 1 is 2.00 bits per heavy atom. The summed E-state index contributed by atoms with van der Waals surface area (Å²) in [6, 6.07) is 0. The maximum atomic E-state index is 9.84. The fraction of sp³-hybridized carbons (Fsp3) is 0. The van der Waals surface area contributed by atoms with Gasteiger partial charge in [-0.3, -0.25) is 0 Å². The van der Waals surface area contributed by atoms with Crippen LogP contribution < -0.4 is 4.85 Å². The molecule has 0 aromatic carbocycles. The molecule has 0 aliphatic heterocycles. The summed E-state index contributed by atoms with van der Waals surface area (Å²) in [7, 11) is 0. The zero-order valence-electron chi connectivity index (χ0n) is 2.88. The molecule has 1 radical (unpaired) electrons. The molecule has 1 aromatic heterocycles. The van der Waals surface area contributed by atoms with Crippen LogP contribution in [0.3, 0.4) is 0 Å². The van der Waals surface area contributed by atoms with E-state index in [2.05, 4.69) is 16.5 Å². The van der Waals surface area contributed by atoms with Crippen LogP contribution in [0, 0.1) is 11.4 Å². The van der Waals surface area contributed by atoms with Crippen molar-refractivity contribution in [3.05, 3.63) is 17.6 Å². The van der Waals surface area contributed by atoms with Crippen LogP contribution in [0.15, 0.2) is 6.20 Å². The first kappa shape index (κ1) is 3.14. The Balaban J connectivity index is 3.05. The van der Waals surface area contributed by atoms with Crippen LogP contribution in [0.4, 0.5) is 0 Å². The van der Waals surface area contributed by atoms with Crippen molar-refractivity contribution in [2.45, 2.75) is 0 Å². The second-order valence-corrected chi connectivity index (χ2v) is 0.796. The molecule has 0 saturated carbocycles. The summed E-state index contributed by atoms with van der Waals surface area (Å²) in [4.78, 5) is 0.458. The molecule has 1 N–H and O–H groups in total. The monoisotopic (exact) mass is 84.0 g/mol. The number of hydrogen-bond acceptors (Lipinski definition) is 2. The van der Waals surface area contributed by atoms with Crippen molar-refractivity contribution in [3.63, 3.8) is 0 Å². The van der Waals surface area contributed by atoms with E-state index >= 15 is 0 Å². The Kier molecular flexibility index (Phi) is 0.506. The molecule has 0 fully saturated rings. The van der Waals surface area contributed by atoms with Crippen LogP contribution in [0.2, 0.25) is 0 Å². The van der Waals surface area contributed by atoms with Crippen LogP contribution in [0.5, 0.6) is 0 Å². The minimum atomic E-state index is 0.458. The minimum Gasteiger partial charge on any atom is -0.693 e. The van der Waals surface area contributed by atoms with Gasteiger partial charge in [-0.2, -0.15) is 4.85 Å².